The molecule has 1 amide bonds. The maximum atomic E-state index is 13.6. The molecule has 2 saturated heterocycles. The number of nitrogens with zero attached hydrogens (tertiary/aromatic N) is 4. The van der Waals surface area contributed by atoms with Crippen molar-refractivity contribution in [2.24, 2.45) is 0 Å². The van der Waals surface area contributed by atoms with Crippen LogP contribution in [0, 0.1) is 0 Å². The van der Waals surface area contributed by atoms with E-state index in [1.165, 1.54) is 25.9 Å². The number of carbonyl (C=O) groups is 2. The number of rotatable bonds is 8. The van der Waals surface area contributed by atoms with Crippen LogP contribution in [0.2, 0.25) is 0 Å². The average molecular weight is 457 g/mol. The van der Waals surface area contributed by atoms with Crippen molar-refractivity contribution in [3.05, 3.63) is 29.5 Å². The van der Waals surface area contributed by atoms with Crippen molar-refractivity contribution in [2.75, 3.05) is 73.1 Å². The molecule has 0 radical (unpaired) electrons. The minimum Gasteiger partial charge on any atom is -0.493 e. The summed E-state index contributed by atoms with van der Waals surface area (Å²) in [6.07, 6.45) is 5.39. The number of piperazine rings is 1. The number of fused-ring (bicyclic) bond motifs is 1. The van der Waals surface area contributed by atoms with Gasteiger partial charge in [-0.05, 0) is 56.1 Å². The number of ether oxygens (including phenoxy) is 2. The van der Waals surface area contributed by atoms with Gasteiger partial charge < -0.3 is 29.0 Å². The minimum absolute atomic E-state index is 0.00506. The largest absolute Gasteiger partial charge is 0.493 e. The van der Waals surface area contributed by atoms with E-state index in [2.05, 4.69) is 9.80 Å². The first kappa shape index (κ1) is 23.6. The van der Waals surface area contributed by atoms with Crippen LogP contribution in [0.25, 0.3) is 5.57 Å². The van der Waals surface area contributed by atoms with Crippen LogP contribution in [0.4, 0.5) is 0 Å². The minimum atomic E-state index is -0.455. The van der Waals surface area contributed by atoms with Gasteiger partial charge in [0.25, 0.3) is 5.91 Å². The van der Waals surface area contributed by atoms with Gasteiger partial charge in [0.2, 0.25) is 0 Å². The van der Waals surface area contributed by atoms with E-state index in [9.17, 15) is 9.59 Å². The van der Waals surface area contributed by atoms with Crippen LogP contribution in [-0.4, -0.2) is 105 Å². The number of amides is 1. The number of methoxy groups -OCH3 is 2. The average Bonchev–Trinajstić information content (AvgIpc) is 3.39. The van der Waals surface area contributed by atoms with Crippen molar-refractivity contribution in [1.29, 1.82) is 0 Å². The van der Waals surface area contributed by atoms with Crippen LogP contribution in [0.5, 0.6) is 11.5 Å². The van der Waals surface area contributed by atoms with Crippen molar-refractivity contribution in [3.8, 4) is 11.5 Å². The van der Waals surface area contributed by atoms with E-state index in [-0.39, 0.29) is 5.91 Å². The summed E-state index contributed by atoms with van der Waals surface area (Å²) in [5.41, 5.74) is 2.13. The van der Waals surface area contributed by atoms with E-state index in [0.29, 0.717) is 36.7 Å². The van der Waals surface area contributed by atoms with Crippen molar-refractivity contribution < 1.29 is 19.1 Å². The zero-order chi connectivity index (χ0) is 23.4. The summed E-state index contributed by atoms with van der Waals surface area (Å²) in [6, 6.07) is 3.20. The number of benzene rings is 1. The first-order valence-electron chi connectivity index (χ1n) is 12.0. The SMILES string of the molecule is CCN1C=C(C(=O)N2CCN(CCN3CCCC3)CC2)c2cc(OC)c(OC)cc2C1C=O. The van der Waals surface area contributed by atoms with Crippen LogP contribution in [0.1, 0.15) is 36.9 Å². The van der Waals surface area contributed by atoms with Gasteiger partial charge in [-0.15, -0.1) is 0 Å². The van der Waals surface area contributed by atoms with E-state index in [0.717, 1.165) is 43.6 Å². The molecule has 0 spiro atoms. The molecule has 1 aromatic rings. The predicted molar refractivity (Wildman–Crippen MR) is 127 cm³/mol. The molecule has 8 nitrogen and oxygen atoms in total. The second-order valence-electron chi connectivity index (χ2n) is 8.93. The summed E-state index contributed by atoms with van der Waals surface area (Å²) in [4.78, 5) is 34.5. The molecule has 3 aliphatic heterocycles. The summed E-state index contributed by atoms with van der Waals surface area (Å²) >= 11 is 0. The monoisotopic (exact) mass is 456 g/mol. The molecule has 1 atom stereocenters. The molecule has 2 fully saturated rings. The van der Waals surface area contributed by atoms with Crippen molar-refractivity contribution in [2.45, 2.75) is 25.8 Å². The molecule has 180 valence electrons. The van der Waals surface area contributed by atoms with Gasteiger partial charge in [0, 0.05) is 52.0 Å². The van der Waals surface area contributed by atoms with E-state index in [1.54, 1.807) is 14.2 Å². The summed E-state index contributed by atoms with van der Waals surface area (Å²) in [5.74, 6) is 1.11. The van der Waals surface area contributed by atoms with Gasteiger partial charge in [-0.25, -0.2) is 0 Å². The molecule has 3 heterocycles. The molecule has 3 aliphatic rings. The summed E-state index contributed by atoms with van der Waals surface area (Å²) < 4.78 is 11.0. The fraction of sp³-hybridized carbons (Fsp3) is 0.600. The Morgan fingerprint density at radius 2 is 1.58 bits per heavy atom. The molecule has 8 heteroatoms. The number of aldehydes is 1. The van der Waals surface area contributed by atoms with E-state index in [1.807, 2.05) is 35.1 Å². The van der Waals surface area contributed by atoms with Crippen LogP contribution >= 0.6 is 0 Å². The van der Waals surface area contributed by atoms with Gasteiger partial charge in [-0.2, -0.15) is 0 Å². The highest BCUT2D eigenvalue weighted by Gasteiger charge is 2.33. The van der Waals surface area contributed by atoms with Crippen LogP contribution in [0.3, 0.4) is 0 Å². The van der Waals surface area contributed by atoms with E-state index in [4.69, 9.17) is 9.47 Å². The Kier molecular flexibility index (Phi) is 7.55. The van der Waals surface area contributed by atoms with Gasteiger partial charge >= 0.3 is 0 Å². The van der Waals surface area contributed by atoms with Gasteiger partial charge in [-0.3, -0.25) is 9.69 Å². The summed E-state index contributed by atoms with van der Waals surface area (Å²) in [6.45, 7) is 10.4. The third kappa shape index (κ3) is 4.87. The maximum Gasteiger partial charge on any atom is 0.256 e. The third-order valence-corrected chi connectivity index (χ3v) is 7.13. The van der Waals surface area contributed by atoms with E-state index >= 15 is 0 Å². The van der Waals surface area contributed by atoms with Crippen LogP contribution in [-0.2, 0) is 9.59 Å². The van der Waals surface area contributed by atoms with Gasteiger partial charge in [0.1, 0.15) is 12.3 Å². The van der Waals surface area contributed by atoms with Crippen molar-refractivity contribution in [3.63, 3.8) is 0 Å². The number of likely N-dealkylation sites (tertiary alicyclic amines) is 1. The number of carbonyl (C=O) groups excluding carboxylic acids is 2. The first-order chi connectivity index (χ1) is 16.1. The Morgan fingerprint density at radius 3 is 2.15 bits per heavy atom. The molecule has 0 aromatic heterocycles. The fourth-order valence-corrected chi connectivity index (χ4v) is 5.11. The van der Waals surface area contributed by atoms with Gasteiger partial charge in [-0.1, -0.05) is 0 Å². The lowest BCUT2D eigenvalue weighted by molar-refractivity contribution is -0.127. The maximum absolute atomic E-state index is 13.6. The lowest BCUT2D eigenvalue weighted by atomic mass is 9.90. The van der Waals surface area contributed by atoms with E-state index < -0.39 is 6.04 Å². The quantitative estimate of drug-likeness (QED) is 0.553. The smallest absolute Gasteiger partial charge is 0.256 e. The molecule has 1 unspecified atom stereocenters. The highest BCUT2D eigenvalue weighted by Crippen LogP contribution is 2.41. The van der Waals surface area contributed by atoms with Crippen LogP contribution < -0.4 is 9.47 Å². The Hall–Kier alpha value is -2.58. The second-order valence-corrected chi connectivity index (χ2v) is 8.93. The van der Waals surface area contributed by atoms with Crippen molar-refractivity contribution in [1.82, 2.24) is 19.6 Å². The Morgan fingerprint density at radius 1 is 0.970 bits per heavy atom. The highest BCUT2D eigenvalue weighted by molar-refractivity contribution is 6.20. The summed E-state index contributed by atoms with van der Waals surface area (Å²) in [5, 5.41) is 0. The molecule has 0 N–H and O–H groups in total. The van der Waals surface area contributed by atoms with Crippen LogP contribution in [0.15, 0.2) is 18.3 Å². The molecule has 33 heavy (non-hydrogen) atoms. The molecular weight excluding hydrogens is 420 g/mol. The lowest BCUT2D eigenvalue weighted by Gasteiger charge is -2.38. The highest BCUT2D eigenvalue weighted by atomic mass is 16.5. The molecule has 1 aromatic carbocycles. The normalized spacial score (nSPS) is 21.5. The van der Waals surface area contributed by atoms with Crippen molar-refractivity contribution >= 4 is 17.8 Å². The molecular formula is C25H36N4O4. The Balaban J connectivity index is 1.51. The fourth-order valence-electron chi connectivity index (χ4n) is 5.11. The number of hydrogen-bond donors (Lipinski definition) is 0. The number of likely N-dealkylation sites (N-methyl/N-ethyl adjacent to an activating group) is 1. The predicted octanol–water partition coefficient (Wildman–Crippen LogP) is 1.86. The molecule has 0 saturated carbocycles. The zero-order valence-corrected chi connectivity index (χ0v) is 20.1. The molecule has 0 bridgehead atoms. The molecule has 4 rings (SSSR count). The zero-order valence-electron chi connectivity index (χ0n) is 20.1. The lowest BCUT2D eigenvalue weighted by Crippen LogP contribution is -2.50. The first-order valence-corrected chi connectivity index (χ1v) is 12.0. The third-order valence-electron chi connectivity index (χ3n) is 7.13. The topological polar surface area (TPSA) is 65.6 Å². The second kappa shape index (κ2) is 10.6. The molecule has 0 aliphatic carbocycles. The van der Waals surface area contributed by atoms with Gasteiger partial charge in [0.15, 0.2) is 11.5 Å². The summed E-state index contributed by atoms with van der Waals surface area (Å²) in [7, 11) is 3.15. The number of hydrogen-bond acceptors (Lipinski definition) is 7. The standard InChI is InChI=1S/C25H36N4O4/c1-4-28-17-21(19-15-23(32-2)24(33-3)16-20(19)22(28)18-30)25(31)29-13-11-27(12-14-29)10-9-26-7-5-6-8-26/h15-18,22H,4-14H2,1-3H3. The Labute approximate surface area is 196 Å². The Bertz CT molecular complexity index is 889. The van der Waals surface area contributed by atoms with Gasteiger partial charge in [0.05, 0.1) is 19.8 Å².